The van der Waals surface area contributed by atoms with E-state index in [2.05, 4.69) is 41.1 Å². The summed E-state index contributed by atoms with van der Waals surface area (Å²) in [5.41, 5.74) is 2.70. The lowest BCUT2D eigenvalue weighted by atomic mass is 10.1. The Bertz CT molecular complexity index is 271. The third kappa shape index (κ3) is 3.49. The highest BCUT2D eigenvalue weighted by atomic mass is 79.9. The molecule has 0 atom stereocenters. The summed E-state index contributed by atoms with van der Waals surface area (Å²) in [6, 6.07) is 6.36. The average Bonchev–Trinajstić information content (AvgIpc) is 2.11. The van der Waals surface area contributed by atoms with Crippen molar-refractivity contribution in [2.75, 3.05) is 13.2 Å². The van der Waals surface area contributed by atoms with Crippen molar-refractivity contribution >= 4 is 15.9 Å². The number of ether oxygens (including phenoxy) is 1. The zero-order valence-corrected chi connectivity index (χ0v) is 9.73. The molecule has 72 valence electrons. The predicted octanol–water partition coefficient (Wildman–Crippen LogP) is 3.34. The minimum absolute atomic E-state index is 0.799. The third-order valence-electron chi connectivity index (χ3n) is 2.03. The van der Waals surface area contributed by atoms with E-state index in [-0.39, 0.29) is 0 Å². The lowest BCUT2D eigenvalue weighted by Gasteiger charge is -2.06. The van der Waals surface area contributed by atoms with Gasteiger partial charge in [0.1, 0.15) is 0 Å². The average molecular weight is 243 g/mol. The van der Waals surface area contributed by atoms with E-state index in [0.29, 0.717) is 0 Å². The Kier molecular flexibility index (Phi) is 4.46. The van der Waals surface area contributed by atoms with Crippen LogP contribution in [0.4, 0.5) is 0 Å². The van der Waals surface area contributed by atoms with Crippen LogP contribution in [0, 0.1) is 6.92 Å². The fourth-order valence-electron chi connectivity index (χ4n) is 1.24. The van der Waals surface area contributed by atoms with Gasteiger partial charge in [-0.1, -0.05) is 22.0 Å². The quantitative estimate of drug-likeness (QED) is 0.737. The van der Waals surface area contributed by atoms with E-state index >= 15 is 0 Å². The van der Waals surface area contributed by atoms with Gasteiger partial charge in [-0.25, -0.2) is 0 Å². The molecule has 0 aromatic heterocycles. The monoisotopic (exact) mass is 242 g/mol. The van der Waals surface area contributed by atoms with Gasteiger partial charge in [-0.2, -0.15) is 0 Å². The molecule has 0 bridgehead atoms. The molecule has 0 aliphatic carbocycles. The summed E-state index contributed by atoms with van der Waals surface area (Å²) >= 11 is 3.46. The normalized spacial score (nSPS) is 10.4. The van der Waals surface area contributed by atoms with Gasteiger partial charge in [0.05, 0.1) is 6.61 Å². The minimum atomic E-state index is 0.799. The van der Waals surface area contributed by atoms with Gasteiger partial charge in [0.15, 0.2) is 0 Å². The van der Waals surface area contributed by atoms with Crippen LogP contribution in [0.25, 0.3) is 0 Å². The van der Waals surface area contributed by atoms with Crippen LogP contribution < -0.4 is 0 Å². The van der Waals surface area contributed by atoms with Crippen molar-refractivity contribution < 1.29 is 4.74 Å². The highest BCUT2D eigenvalue weighted by Gasteiger charge is 1.98. The SMILES string of the molecule is CCOCCc1cc(Br)ccc1C. The Labute approximate surface area is 88.2 Å². The lowest BCUT2D eigenvalue weighted by Crippen LogP contribution is -1.99. The van der Waals surface area contributed by atoms with Gasteiger partial charge in [-0.3, -0.25) is 0 Å². The van der Waals surface area contributed by atoms with Crippen molar-refractivity contribution in [3.63, 3.8) is 0 Å². The molecule has 0 amide bonds. The van der Waals surface area contributed by atoms with Crippen molar-refractivity contribution in [2.45, 2.75) is 20.3 Å². The molecule has 0 saturated carbocycles. The summed E-state index contributed by atoms with van der Waals surface area (Å²) in [4.78, 5) is 0. The van der Waals surface area contributed by atoms with Crippen molar-refractivity contribution in [3.8, 4) is 0 Å². The van der Waals surface area contributed by atoms with Gasteiger partial charge in [0, 0.05) is 11.1 Å². The van der Waals surface area contributed by atoms with Gasteiger partial charge in [-0.05, 0) is 43.5 Å². The molecule has 0 heterocycles. The molecular weight excluding hydrogens is 228 g/mol. The Balaban J connectivity index is 2.59. The molecule has 1 aromatic carbocycles. The summed E-state index contributed by atoms with van der Waals surface area (Å²) in [6.45, 7) is 5.77. The van der Waals surface area contributed by atoms with E-state index < -0.39 is 0 Å². The van der Waals surface area contributed by atoms with Gasteiger partial charge in [0.25, 0.3) is 0 Å². The second-order valence-corrected chi connectivity index (χ2v) is 3.93. The van der Waals surface area contributed by atoms with E-state index in [1.165, 1.54) is 11.1 Å². The van der Waals surface area contributed by atoms with Gasteiger partial charge in [-0.15, -0.1) is 0 Å². The van der Waals surface area contributed by atoms with E-state index in [0.717, 1.165) is 24.1 Å². The minimum Gasteiger partial charge on any atom is -0.381 e. The maximum atomic E-state index is 5.32. The molecule has 0 spiro atoms. The standard InChI is InChI=1S/C11H15BrO/c1-3-13-7-6-10-8-11(12)5-4-9(10)2/h4-5,8H,3,6-7H2,1-2H3. The first kappa shape index (κ1) is 10.7. The molecule has 2 heteroatoms. The van der Waals surface area contributed by atoms with Crippen molar-refractivity contribution in [3.05, 3.63) is 33.8 Å². The Morgan fingerprint density at radius 3 is 2.85 bits per heavy atom. The molecule has 0 fully saturated rings. The number of aryl methyl sites for hydroxylation is 1. The molecule has 0 N–H and O–H groups in total. The van der Waals surface area contributed by atoms with Crippen LogP contribution in [0.5, 0.6) is 0 Å². The van der Waals surface area contributed by atoms with Crippen molar-refractivity contribution in [1.82, 2.24) is 0 Å². The highest BCUT2D eigenvalue weighted by molar-refractivity contribution is 9.10. The summed E-state index contributed by atoms with van der Waals surface area (Å²) in [5.74, 6) is 0. The molecule has 13 heavy (non-hydrogen) atoms. The Morgan fingerprint density at radius 1 is 1.38 bits per heavy atom. The molecule has 0 radical (unpaired) electrons. The molecule has 1 nitrogen and oxygen atoms in total. The second kappa shape index (κ2) is 5.40. The molecular formula is C11H15BrO. The van der Waals surface area contributed by atoms with Crippen LogP contribution in [0.2, 0.25) is 0 Å². The fourth-order valence-corrected chi connectivity index (χ4v) is 1.64. The van der Waals surface area contributed by atoms with E-state index in [1.807, 2.05) is 6.92 Å². The molecule has 0 saturated heterocycles. The molecule has 0 unspecified atom stereocenters. The van der Waals surface area contributed by atoms with E-state index in [1.54, 1.807) is 0 Å². The molecule has 0 aliphatic heterocycles. The number of benzene rings is 1. The smallest absolute Gasteiger partial charge is 0.0506 e. The Hall–Kier alpha value is -0.340. The van der Waals surface area contributed by atoms with E-state index in [4.69, 9.17) is 4.74 Å². The summed E-state index contributed by atoms with van der Waals surface area (Å²) in [5, 5.41) is 0. The predicted molar refractivity (Wildman–Crippen MR) is 59.1 cm³/mol. The van der Waals surface area contributed by atoms with Crippen molar-refractivity contribution in [2.24, 2.45) is 0 Å². The first-order valence-corrected chi connectivity index (χ1v) is 5.36. The maximum Gasteiger partial charge on any atom is 0.0506 e. The van der Waals surface area contributed by atoms with Gasteiger partial charge in [0.2, 0.25) is 0 Å². The van der Waals surface area contributed by atoms with Crippen LogP contribution >= 0.6 is 15.9 Å². The maximum absolute atomic E-state index is 5.32. The third-order valence-corrected chi connectivity index (χ3v) is 2.52. The zero-order valence-electron chi connectivity index (χ0n) is 8.14. The molecule has 1 aromatic rings. The zero-order chi connectivity index (χ0) is 9.68. The molecule has 1 rings (SSSR count). The first-order valence-electron chi connectivity index (χ1n) is 4.57. The number of rotatable bonds is 4. The fraction of sp³-hybridized carbons (Fsp3) is 0.455. The van der Waals surface area contributed by atoms with E-state index in [9.17, 15) is 0 Å². The van der Waals surface area contributed by atoms with Crippen molar-refractivity contribution in [1.29, 1.82) is 0 Å². The summed E-state index contributed by atoms with van der Waals surface area (Å²) in [6.07, 6.45) is 0.999. The van der Waals surface area contributed by atoms with Gasteiger partial charge >= 0.3 is 0 Å². The number of hydrogen-bond acceptors (Lipinski definition) is 1. The van der Waals surface area contributed by atoms with Crippen LogP contribution in [0.1, 0.15) is 18.1 Å². The van der Waals surface area contributed by atoms with Crippen LogP contribution in [-0.2, 0) is 11.2 Å². The van der Waals surface area contributed by atoms with Crippen LogP contribution in [0.3, 0.4) is 0 Å². The van der Waals surface area contributed by atoms with Crippen LogP contribution in [0.15, 0.2) is 22.7 Å². The number of hydrogen-bond donors (Lipinski definition) is 0. The Morgan fingerprint density at radius 2 is 2.15 bits per heavy atom. The summed E-state index contributed by atoms with van der Waals surface area (Å²) in [7, 11) is 0. The second-order valence-electron chi connectivity index (χ2n) is 3.02. The van der Waals surface area contributed by atoms with Crippen LogP contribution in [-0.4, -0.2) is 13.2 Å². The first-order chi connectivity index (χ1) is 6.24. The lowest BCUT2D eigenvalue weighted by molar-refractivity contribution is 0.151. The largest absolute Gasteiger partial charge is 0.381 e. The summed E-state index contributed by atoms with van der Waals surface area (Å²) < 4.78 is 6.46. The number of halogens is 1. The topological polar surface area (TPSA) is 9.23 Å². The molecule has 0 aliphatic rings. The highest BCUT2D eigenvalue weighted by Crippen LogP contribution is 2.16. The van der Waals surface area contributed by atoms with Gasteiger partial charge < -0.3 is 4.74 Å².